The van der Waals surface area contributed by atoms with Crippen molar-refractivity contribution in [2.45, 2.75) is 31.7 Å². The fraction of sp³-hybridized carbons (Fsp3) is 0.316. The van der Waals surface area contributed by atoms with Crippen LogP contribution in [0.3, 0.4) is 0 Å². The largest absolute Gasteiger partial charge is 0.448 e. The van der Waals surface area contributed by atoms with Crippen molar-refractivity contribution < 1.29 is 13.5 Å². The normalized spacial score (nSPS) is 14.6. The zero-order valence-corrected chi connectivity index (χ0v) is 14.7. The molecule has 1 saturated carbocycles. The van der Waals surface area contributed by atoms with Crippen LogP contribution >= 0.6 is 0 Å². The highest BCUT2D eigenvalue weighted by atomic mass is 19.1. The van der Waals surface area contributed by atoms with Gasteiger partial charge in [0, 0.05) is 30.7 Å². The molecule has 27 heavy (non-hydrogen) atoms. The van der Waals surface area contributed by atoms with Crippen molar-refractivity contribution in [1.82, 2.24) is 14.5 Å². The molecule has 0 amide bonds. The Hall–Kier alpha value is -3.03. The van der Waals surface area contributed by atoms with Crippen LogP contribution < -0.4 is 15.6 Å². The Morgan fingerprint density at radius 3 is 2.70 bits per heavy atom. The molecule has 1 N–H and O–H groups in total. The van der Waals surface area contributed by atoms with E-state index in [1.807, 2.05) is 0 Å². The van der Waals surface area contributed by atoms with Crippen LogP contribution in [0.4, 0.5) is 14.7 Å². The molecule has 1 fully saturated rings. The quantitative estimate of drug-likeness (QED) is 0.755. The summed E-state index contributed by atoms with van der Waals surface area (Å²) in [5, 5.41) is 3.87. The van der Waals surface area contributed by atoms with Gasteiger partial charge in [-0.05, 0) is 31.0 Å². The third kappa shape index (κ3) is 3.47. The van der Waals surface area contributed by atoms with Gasteiger partial charge < -0.3 is 10.1 Å². The number of aryl methyl sites for hydroxylation is 1. The number of benzene rings is 1. The van der Waals surface area contributed by atoms with Gasteiger partial charge in [0.05, 0.1) is 0 Å². The van der Waals surface area contributed by atoms with E-state index in [0.717, 1.165) is 25.0 Å². The third-order valence-corrected chi connectivity index (χ3v) is 4.72. The fourth-order valence-corrected chi connectivity index (χ4v) is 3.29. The van der Waals surface area contributed by atoms with Crippen molar-refractivity contribution >= 4 is 17.0 Å². The highest BCUT2D eigenvalue weighted by molar-refractivity contribution is 5.76. The Kier molecular flexibility index (Phi) is 4.47. The van der Waals surface area contributed by atoms with Crippen LogP contribution in [0.1, 0.15) is 25.7 Å². The first-order valence-corrected chi connectivity index (χ1v) is 8.77. The first-order chi connectivity index (χ1) is 13.0. The summed E-state index contributed by atoms with van der Waals surface area (Å²) in [7, 11) is 1.56. The minimum absolute atomic E-state index is 0.0874. The maximum Gasteiger partial charge on any atom is 0.294 e. The number of nitrogens with one attached hydrogen (secondary N) is 1. The number of pyridine rings is 1. The molecular weight excluding hydrogens is 354 g/mol. The molecule has 8 heteroatoms. The molecule has 0 saturated heterocycles. The minimum Gasteiger partial charge on any atom is -0.448 e. The molecule has 4 rings (SSSR count). The van der Waals surface area contributed by atoms with Gasteiger partial charge in [0.25, 0.3) is 5.56 Å². The summed E-state index contributed by atoms with van der Waals surface area (Å²) in [5.74, 6) is -1.45. The van der Waals surface area contributed by atoms with Crippen LogP contribution in [0.2, 0.25) is 0 Å². The Bertz CT molecular complexity index is 1060. The second-order valence-corrected chi connectivity index (χ2v) is 6.65. The van der Waals surface area contributed by atoms with Crippen molar-refractivity contribution in [3.05, 3.63) is 52.5 Å². The highest BCUT2D eigenvalue weighted by Crippen LogP contribution is 2.25. The van der Waals surface area contributed by atoms with E-state index in [-0.39, 0.29) is 11.5 Å². The number of aromatic nitrogens is 3. The van der Waals surface area contributed by atoms with Crippen LogP contribution in [-0.4, -0.2) is 20.6 Å². The number of hydrogen-bond donors (Lipinski definition) is 1. The molecule has 1 aliphatic carbocycles. The van der Waals surface area contributed by atoms with Crippen LogP contribution in [0.5, 0.6) is 11.5 Å². The van der Waals surface area contributed by atoms with E-state index >= 15 is 0 Å². The van der Waals surface area contributed by atoms with Gasteiger partial charge in [0.2, 0.25) is 5.95 Å². The Labute approximate surface area is 153 Å². The van der Waals surface area contributed by atoms with Gasteiger partial charge in [-0.3, -0.25) is 9.36 Å². The first kappa shape index (κ1) is 17.4. The molecule has 0 aliphatic heterocycles. The molecule has 0 atom stereocenters. The first-order valence-electron chi connectivity index (χ1n) is 8.77. The summed E-state index contributed by atoms with van der Waals surface area (Å²) in [5.41, 5.74) is -0.0285. The van der Waals surface area contributed by atoms with Crippen molar-refractivity contribution in [1.29, 1.82) is 0 Å². The molecule has 2 aromatic heterocycles. The van der Waals surface area contributed by atoms with Gasteiger partial charge in [-0.15, -0.1) is 0 Å². The lowest BCUT2D eigenvalue weighted by molar-refractivity contribution is 0.430. The summed E-state index contributed by atoms with van der Waals surface area (Å²) in [6, 6.07) is 4.71. The van der Waals surface area contributed by atoms with Crippen LogP contribution in [-0.2, 0) is 7.05 Å². The van der Waals surface area contributed by atoms with E-state index in [1.54, 1.807) is 13.2 Å². The molecule has 3 aromatic rings. The summed E-state index contributed by atoms with van der Waals surface area (Å²) in [6.45, 7) is 0. The van der Waals surface area contributed by atoms with Crippen molar-refractivity contribution in [3.8, 4) is 11.5 Å². The number of rotatable bonds is 4. The molecule has 0 radical (unpaired) electrons. The lowest BCUT2D eigenvalue weighted by atomic mass is 10.2. The van der Waals surface area contributed by atoms with Crippen LogP contribution in [0, 0.1) is 11.6 Å². The molecule has 0 unspecified atom stereocenters. The zero-order valence-electron chi connectivity index (χ0n) is 14.7. The van der Waals surface area contributed by atoms with Crippen LogP contribution in [0.15, 0.2) is 35.3 Å². The number of anilines is 1. The maximum atomic E-state index is 13.8. The van der Waals surface area contributed by atoms with E-state index in [2.05, 4.69) is 15.3 Å². The lowest BCUT2D eigenvalue weighted by Crippen LogP contribution is -2.21. The van der Waals surface area contributed by atoms with Crippen molar-refractivity contribution in [2.24, 2.45) is 7.05 Å². The minimum atomic E-state index is -0.885. The van der Waals surface area contributed by atoms with Gasteiger partial charge in [-0.25, -0.2) is 13.8 Å². The predicted octanol–water partition coefficient (Wildman–Crippen LogP) is 3.75. The van der Waals surface area contributed by atoms with Crippen molar-refractivity contribution in [3.63, 3.8) is 0 Å². The molecule has 6 nitrogen and oxygen atoms in total. The Balaban J connectivity index is 1.69. The Morgan fingerprint density at radius 2 is 1.96 bits per heavy atom. The van der Waals surface area contributed by atoms with Gasteiger partial charge >= 0.3 is 0 Å². The van der Waals surface area contributed by atoms with E-state index in [1.165, 1.54) is 23.5 Å². The topological polar surface area (TPSA) is 69.0 Å². The molecule has 1 aliphatic rings. The molecular formula is C19H18F2N4O2. The van der Waals surface area contributed by atoms with E-state index in [9.17, 15) is 13.6 Å². The van der Waals surface area contributed by atoms with E-state index in [0.29, 0.717) is 29.1 Å². The van der Waals surface area contributed by atoms with Gasteiger partial charge in [0.1, 0.15) is 11.5 Å². The number of nitrogens with zero attached hydrogens (tertiary/aromatic N) is 3. The number of halogens is 2. The summed E-state index contributed by atoms with van der Waals surface area (Å²) < 4.78 is 33.6. The monoisotopic (exact) mass is 372 g/mol. The third-order valence-electron chi connectivity index (χ3n) is 4.72. The molecule has 140 valence electrons. The second-order valence-electron chi connectivity index (χ2n) is 6.65. The van der Waals surface area contributed by atoms with E-state index in [4.69, 9.17) is 4.74 Å². The lowest BCUT2D eigenvalue weighted by Gasteiger charge is -2.13. The van der Waals surface area contributed by atoms with Crippen molar-refractivity contribution in [2.75, 3.05) is 5.32 Å². The predicted molar refractivity (Wildman–Crippen MR) is 97.1 cm³/mol. The molecule has 0 spiro atoms. The summed E-state index contributed by atoms with van der Waals surface area (Å²) in [6.07, 6.45) is 6.12. The second kappa shape index (κ2) is 6.94. The SMILES string of the molecule is Cn1c(=O)c(Oc2ccc(F)cc2F)cc2cnc(NC3CCCC3)nc21. The molecule has 1 aromatic carbocycles. The van der Waals surface area contributed by atoms with Gasteiger partial charge in [0.15, 0.2) is 17.3 Å². The zero-order chi connectivity index (χ0) is 19.0. The number of hydrogen-bond acceptors (Lipinski definition) is 5. The maximum absolute atomic E-state index is 13.8. The molecule has 0 bridgehead atoms. The average molecular weight is 372 g/mol. The van der Waals surface area contributed by atoms with Gasteiger partial charge in [-0.1, -0.05) is 12.8 Å². The molecule has 2 heterocycles. The van der Waals surface area contributed by atoms with Gasteiger partial charge in [-0.2, -0.15) is 4.98 Å². The smallest absolute Gasteiger partial charge is 0.294 e. The Morgan fingerprint density at radius 1 is 1.19 bits per heavy atom. The number of fused-ring (bicyclic) bond motifs is 1. The summed E-state index contributed by atoms with van der Waals surface area (Å²) in [4.78, 5) is 21.3. The van der Waals surface area contributed by atoms with Crippen LogP contribution in [0.25, 0.3) is 11.0 Å². The summed E-state index contributed by atoms with van der Waals surface area (Å²) >= 11 is 0. The standard InChI is InChI=1S/C19H18F2N4O2/c1-25-17-11(10-22-19(24-17)23-13-4-2-3-5-13)8-16(18(25)26)27-15-7-6-12(20)9-14(15)21/h6-10,13H,2-5H2,1H3,(H,22,23,24). The van der Waals surface area contributed by atoms with E-state index < -0.39 is 17.2 Å². The number of ether oxygens (including phenoxy) is 1. The fourth-order valence-electron chi connectivity index (χ4n) is 3.29. The highest BCUT2D eigenvalue weighted by Gasteiger charge is 2.17. The average Bonchev–Trinajstić information content (AvgIpc) is 3.15.